The van der Waals surface area contributed by atoms with Gasteiger partial charge in [-0.25, -0.2) is 9.78 Å². The number of rotatable bonds is 4. The smallest absolute Gasteiger partial charge is 0.376 e. The second-order valence-electron chi connectivity index (χ2n) is 4.66. The van der Waals surface area contributed by atoms with Crippen molar-refractivity contribution in [3.63, 3.8) is 0 Å². The van der Waals surface area contributed by atoms with E-state index in [9.17, 15) is 4.79 Å². The topological polar surface area (TPSA) is 52.3 Å². The van der Waals surface area contributed by atoms with Crippen molar-refractivity contribution in [2.45, 2.75) is 32.6 Å². The Kier molecular flexibility index (Phi) is 3.14. The lowest BCUT2D eigenvalue weighted by molar-refractivity contribution is 0.0489. The van der Waals surface area contributed by atoms with Crippen molar-refractivity contribution in [3.05, 3.63) is 28.5 Å². The van der Waals surface area contributed by atoms with Crippen LogP contribution in [0.1, 0.15) is 47.5 Å². The first-order valence-corrected chi connectivity index (χ1v) is 7.31. The number of hydrogen-bond donors (Lipinski definition) is 0. The third-order valence-corrected chi connectivity index (χ3v) is 4.14. The van der Waals surface area contributed by atoms with Gasteiger partial charge in [0, 0.05) is 5.92 Å². The van der Waals surface area contributed by atoms with Crippen molar-refractivity contribution in [2.75, 3.05) is 6.61 Å². The molecule has 0 saturated heterocycles. The zero-order valence-corrected chi connectivity index (χ0v) is 11.8. The number of aromatic nitrogens is 1. The highest BCUT2D eigenvalue weighted by Crippen LogP contribution is 2.43. The maximum absolute atomic E-state index is 11.9. The second kappa shape index (κ2) is 4.81. The van der Waals surface area contributed by atoms with Crippen molar-refractivity contribution < 1.29 is 13.9 Å². The van der Waals surface area contributed by atoms with Crippen LogP contribution >= 0.6 is 11.3 Å². The summed E-state index contributed by atoms with van der Waals surface area (Å²) in [6.07, 6.45) is 2.14. The van der Waals surface area contributed by atoms with Gasteiger partial charge in [0.05, 0.1) is 17.2 Å². The van der Waals surface area contributed by atoms with Crippen molar-refractivity contribution in [1.82, 2.24) is 4.98 Å². The third-order valence-electron chi connectivity index (χ3n) is 3.13. The highest BCUT2D eigenvalue weighted by molar-refractivity contribution is 7.13. The van der Waals surface area contributed by atoms with E-state index in [2.05, 4.69) is 4.98 Å². The molecule has 19 heavy (non-hydrogen) atoms. The van der Waals surface area contributed by atoms with Crippen LogP contribution in [0.25, 0.3) is 10.8 Å². The fraction of sp³-hybridized carbons (Fsp3) is 0.429. The quantitative estimate of drug-likeness (QED) is 0.798. The van der Waals surface area contributed by atoms with E-state index >= 15 is 0 Å². The molecule has 0 aliphatic heterocycles. The molecule has 0 N–H and O–H groups in total. The third kappa shape index (κ3) is 2.30. The van der Waals surface area contributed by atoms with Gasteiger partial charge in [0.15, 0.2) is 0 Å². The van der Waals surface area contributed by atoms with Gasteiger partial charge in [-0.2, -0.15) is 0 Å². The summed E-state index contributed by atoms with van der Waals surface area (Å²) >= 11 is 1.57. The van der Waals surface area contributed by atoms with Gasteiger partial charge in [0.25, 0.3) is 0 Å². The molecular formula is C14H15NO3S. The van der Waals surface area contributed by atoms with Crippen molar-refractivity contribution in [2.24, 2.45) is 0 Å². The molecule has 5 heteroatoms. The van der Waals surface area contributed by atoms with Crippen LogP contribution in [0.3, 0.4) is 0 Å². The summed E-state index contributed by atoms with van der Waals surface area (Å²) in [5.74, 6) is 0.777. The zero-order chi connectivity index (χ0) is 13.4. The van der Waals surface area contributed by atoms with Crippen LogP contribution in [0, 0.1) is 6.92 Å². The van der Waals surface area contributed by atoms with E-state index in [1.165, 1.54) is 0 Å². The molecule has 0 spiro atoms. The Hall–Kier alpha value is -1.62. The van der Waals surface area contributed by atoms with Crippen molar-refractivity contribution >= 4 is 17.3 Å². The monoisotopic (exact) mass is 277 g/mol. The number of oxazole rings is 1. The van der Waals surface area contributed by atoms with Crippen LogP contribution in [0.2, 0.25) is 0 Å². The van der Waals surface area contributed by atoms with Gasteiger partial charge < -0.3 is 9.15 Å². The van der Waals surface area contributed by atoms with Crippen LogP contribution in [-0.2, 0) is 4.74 Å². The highest BCUT2D eigenvalue weighted by Gasteiger charge is 2.34. The lowest BCUT2D eigenvalue weighted by Crippen LogP contribution is -2.05. The predicted molar refractivity (Wildman–Crippen MR) is 72.5 cm³/mol. The molecule has 0 unspecified atom stereocenters. The minimum Gasteiger partial charge on any atom is -0.460 e. The fourth-order valence-electron chi connectivity index (χ4n) is 2.00. The Morgan fingerprint density at radius 2 is 2.37 bits per heavy atom. The van der Waals surface area contributed by atoms with E-state index in [0.29, 0.717) is 18.4 Å². The van der Waals surface area contributed by atoms with Gasteiger partial charge in [-0.1, -0.05) is 0 Å². The molecule has 1 aliphatic carbocycles. The van der Waals surface area contributed by atoms with Crippen molar-refractivity contribution in [3.8, 4) is 10.8 Å². The summed E-state index contributed by atoms with van der Waals surface area (Å²) < 4.78 is 10.7. The summed E-state index contributed by atoms with van der Waals surface area (Å²) in [6.45, 7) is 4.14. The molecule has 0 aromatic carbocycles. The SMILES string of the molecule is CCOC(=O)c1oc(-c2sccc2C)nc1C1CC1. The number of nitrogens with zero attached hydrogens (tertiary/aromatic N) is 1. The van der Waals surface area contributed by atoms with Crippen molar-refractivity contribution in [1.29, 1.82) is 0 Å². The number of ether oxygens (including phenoxy) is 1. The number of thiophene rings is 1. The first-order valence-electron chi connectivity index (χ1n) is 6.43. The first-order chi connectivity index (χ1) is 9.20. The standard InChI is InChI=1S/C14H15NO3S/c1-3-17-14(16)11-10(9-4-5-9)15-13(18-11)12-8(2)6-7-19-12/h6-7,9H,3-5H2,1-2H3. The van der Waals surface area contributed by atoms with Gasteiger partial charge in [0.2, 0.25) is 11.7 Å². The van der Waals surface area contributed by atoms with E-state index in [1.54, 1.807) is 18.3 Å². The van der Waals surface area contributed by atoms with Gasteiger partial charge >= 0.3 is 5.97 Å². The second-order valence-corrected chi connectivity index (χ2v) is 5.58. The van der Waals surface area contributed by atoms with Crippen LogP contribution < -0.4 is 0 Å². The Morgan fingerprint density at radius 3 is 2.95 bits per heavy atom. The lowest BCUT2D eigenvalue weighted by atomic mass is 10.2. The zero-order valence-electron chi connectivity index (χ0n) is 10.9. The van der Waals surface area contributed by atoms with E-state index in [0.717, 1.165) is 29.0 Å². The first kappa shape index (κ1) is 12.4. The number of hydrogen-bond acceptors (Lipinski definition) is 5. The largest absolute Gasteiger partial charge is 0.460 e. The molecule has 100 valence electrons. The summed E-state index contributed by atoms with van der Waals surface area (Å²) in [7, 11) is 0. The molecule has 3 rings (SSSR count). The molecule has 1 aliphatic rings. The average molecular weight is 277 g/mol. The normalized spacial score (nSPS) is 14.6. The van der Waals surface area contributed by atoms with Gasteiger partial charge in [-0.15, -0.1) is 11.3 Å². The Labute approximate surface area is 115 Å². The van der Waals surface area contributed by atoms with Gasteiger partial charge in [0.1, 0.15) is 0 Å². The molecule has 2 heterocycles. The number of carbonyl (C=O) groups excluding carboxylic acids is 1. The molecule has 2 aromatic rings. The summed E-state index contributed by atoms with van der Waals surface area (Å²) in [6, 6.07) is 2.02. The summed E-state index contributed by atoms with van der Waals surface area (Å²) in [5.41, 5.74) is 1.88. The molecule has 0 atom stereocenters. The lowest BCUT2D eigenvalue weighted by Gasteiger charge is -1.98. The molecule has 1 fully saturated rings. The summed E-state index contributed by atoms with van der Waals surface area (Å²) in [4.78, 5) is 17.4. The molecule has 4 nitrogen and oxygen atoms in total. The minimum absolute atomic E-state index is 0.284. The van der Waals surface area contributed by atoms with E-state index in [4.69, 9.17) is 9.15 Å². The van der Waals surface area contributed by atoms with Crippen LogP contribution in [0.15, 0.2) is 15.9 Å². The molecule has 0 radical (unpaired) electrons. The predicted octanol–water partition coefficient (Wildman–Crippen LogP) is 3.77. The molecule has 0 amide bonds. The Bertz CT molecular complexity index is 610. The van der Waals surface area contributed by atoms with Gasteiger partial charge in [-0.05, 0) is 43.7 Å². The van der Waals surface area contributed by atoms with Crippen LogP contribution in [0.4, 0.5) is 0 Å². The minimum atomic E-state index is -0.405. The molecular weight excluding hydrogens is 262 g/mol. The maximum atomic E-state index is 11.9. The molecule has 1 saturated carbocycles. The van der Waals surface area contributed by atoms with E-state index in [-0.39, 0.29) is 5.76 Å². The van der Waals surface area contributed by atoms with Crippen LogP contribution in [-0.4, -0.2) is 17.6 Å². The summed E-state index contributed by atoms with van der Waals surface area (Å²) in [5, 5.41) is 2.00. The average Bonchev–Trinajstić information content (AvgIpc) is 2.99. The molecule has 0 bridgehead atoms. The maximum Gasteiger partial charge on any atom is 0.376 e. The van der Waals surface area contributed by atoms with Gasteiger partial charge in [-0.3, -0.25) is 0 Å². The Balaban J connectivity index is 2.01. The fourth-order valence-corrected chi connectivity index (χ4v) is 2.85. The van der Waals surface area contributed by atoms with Crippen LogP contribution in [0.5, 0.6) is 0 Å². The number of carbonyl (C=O) groups is 1. The highest BCUT2D eigenvalue weighted by atomic mass is 32.1. The number of aryl methyl sites for hydroxylation is 1. The molecule has 2 aromatic heterocycles. The Morgan fingerprint density at radius 1 is 1.58 bits per heavy atom. The number of esters is 1. The van der Waals surface area contributed by atoms with E-state index < -0.39 is 5.97 Å². The van der Waals surface area contributed by atoms with E-state index in [1.807, 2.05) is 18.4 Å².